The number of fused-ring (bicyclic) bond motifs is 1. The third kappa shape index (κ3) is 2.76. The Hall–Kier alpha value is -1.59. The van der Waals surface area contributed by atoms with Crippen LogP contribution in [0.5, 0.6) is 0 Å². The lowest BCUT2D eigenvalue weighted by molar-refractivity contribution is 0.150. The summed E-state index contributed by atoms with van der Waals surface area (Å²) in [5.41, 5.74) is 2.22. The van der Waals surface area contributed by atoms with Crippen LogP contribution in [0.4, 0.5) is 0 Å². The summed E-state index contributed by atoms with van der Waals surface area (Å²) in [4.78, 5) is 17.3. The Morgan fingerprint density at radius 3 is 2.19 bits per heavy atom. The Labute approximate surface area is 125 Å². The third-order valence-electron chi connectivity index (χ3n) is 4.48. The minimum absolute atomic E-state index is 0.118. The van der Waals surface area contributed by atoms with Crippen LogP contribution in [-0.2, 0) is 13.1 Å². The third-order valence-corrected chi connectivity index (χ3v) is 4.48. The Bertz CT molecular complexity index is 664. The highest BCUT2D eigenvalue weighted by molar-refractivity contribution is 5.75. The first-order valence-electron chi connectivity index (χ1n) is 7.79. The van der Waals surface area contributed by atoms with Gasteiger partial charge in [0, 0.05) is 45.8 Å². The van der Waals surface area contributed by atoms with Crippen LogP contribution in [0.2, 0.25) is 0 Å². The zero-order valence-electron chi connectivity index (χ0n) is 13.0. The van der Waals surface area contributed by atoms with Gasteiger partial charge < -0.3 is 4.90 Å². The SMILES string of the molecule is CCn1c(=O)n(CCN2CCN(C)CC2)c2ccccc21. The van der Waals surface area contributed by atoms with Gasteiger partial charge in [-0.2, -0.15) is 0 Å². The molecule has 0 bridgehead atoms. The second-order valence-electron chi connectivity index (χ2n) is 5.81. The average molecular weight is 288 g/mol. The van der Waals surface area contributed by atoms with Crippen molar-refractivity contribution in [2.24, 2.45) is 0 Å². The van der Waals surface area contributed by atoms with Gasteiger partial charge in [0.2, 0.25) is 0 Å². The summed E-state index contributed by atoms with van der Waals surface area (Å²) in [6.45, 7) is 8.90. The van der Waals surface area contributed by atoms with E-state index in [0.29, 0.717) is 0 Å². The van der Waals surface area contributed by atoms with Crippen LogP contribution in [0.15, 0.2) is 29.1 Å². The second kappa shape index (κ2) is 6.03. The van der Waals surface area contributed by atoms with Crippen molar-refractivity contribution in [2.45, 2.75) is 20.0 Å². The maximum absolute atomic E-state index is 12.5. The molecular formula is C16H24N4O. The fourth-order valence-electron chi connectivity index (χ4n) is 3.11. The highest BCUT2D eigenvalue weighted by Gasteiger charge is 2.16. The van der Waals surface area contributed by atoms with E-state index in [1.165, 1.54) is 0 Å². The predicted octanol–water partition coefficient (Wildman–Crippen LogP) is 1.07. The van der Waals surface area contributed by atoms with Crippen molar-refractivity contribution in [1.29, 1.82) is 0 Å². The van der Waals surface area contributed by atoms with Gasteiger partial charge in [0.25, 0.3) is 0 Å². The van der Waals surface area contributed by atoms with Gasteiger partial charge >= 0.3 is 5.69 Å². The van der Waals surface area contributed by atoms with E-state index in [1.807, 2.05) is 40.3 Å². The van der Waals surface area contributed by atoms with Gasteiger partial charge in [0.05, 0.1) is 11.0 Å². The van der Waals surface area contributed by atoms with E-state index >= 15 is 0 Å². The molecule has 1 aromatic heterocycles. The number of hydrogen-bond acceptors (Lipinski definition) is 3. The van der Waals surface area contributed by atoms with Crippen molar-refractivity contribution in [3.05, 3.63) is 34.7 Å². The standard InChI is InChI=1S/C16H24N4O/c1-3-19-14-6-4-5-7-15(14)20(16(19)21)13-12-18-10-8-17(2)9-11-18/h4-7H,3,8-13H2,1-2H3. The van der Waals surface area contributed by atoms with Crippen molar-refractivity contribution in [3.8, 4) is 0 Å². The fraction of sp³-hybridized carbons (Fsp3) is 0.562. The van der Waals surface area contributed by atoms with Gasteiger partial charge in [-0.05, 0) is 26.1 Å². The number of benzene rings is 1. The number of rotatable bonds is 4. The van der Waals surface area contributed by atoms with Gasteiger partial charge in [0.15, 0.2) is 0 Å². The van der Waals surface area contributed by atoms with Crippen molar-refractivity contribution in [2.75, 3.05) is 39.8 Å². The molecule has 1 fully saturated rings. The molecule has 1 aliphatic heterocycles. The van der Waals surface area contributed by atoms with Crippen molar-refractivity contribution in [1.82, 2.24) is 18.9 Å². The molecule has 1 aromatic carbocycles. The van der Waals surface area contributed by atoms with E-state index in [-0.39, 0.29) is 5.69 Å². The molecule has 114 valence electrons. The van der Waals surface area contributed by atoms with Gasteiger partial charge in [-0.25, -0.2) is 4.79 Å². The average Bonchev–Trinajstić information content (AvgIpc) is 2.78. The Kier molecular flexibility index (Phi) is 4.12. The van der Waals surface area contributed by atoms with Crippen LogP contribution in [0, 0.1) is 0 Å². The van der Waals surface area contributed by atoms with Crippen LogP contribution in [0.25, 0.3) is 11.0 Å². The van der Waals surface area contributed by atoms with E-state index in [1.54, 1.807) is 0 Å². The molecular weight excluding hydrogens is 264 g/mol. The fourth-order valence-corrected chi connectivity index (χ4v) is 3.11. The van der Waals surface area contributed by atoms with Crippen LogP contribution in [0.1, 0.15) is 6.92 Å². The number of imidazole rings is 1. The summed E-state index contributed by atoms with van der Waals surface area (Å²) in [7, 11) is 2.16. The molecule has 0 atom stereocenters. The smallest absolute Gasteiger partial charge is 0.304 e. The molecule has 1 saturated heterocycles. The number of hydrogen-bond donors (Lipinski definition) is 0. The largest absolute Gasteiger partial charge is 0.329 e. The quantitative estimate of drug-likeness (QED) is 0.844. The molecule has 5 nitrogen and oxygen atoms in total. The zero-order valence-corrected chi connectivity index (χ0v) is 13.0. The van der Waals surface area contributed by atoms with Crippen LogP contribution >= 0.6 is 0 Å². The lowest BCUT2D eigenvalue weighted by Crippen LogP contribution is -2.45. The number of likely N-dealkylation sites (N-methyl/N-ethyl adjacent to an activating group) is 1. The lowest BCUT2D eigenvalue weighted by Gasteiger charge is -2.32. The molecule has 0 radical (unpaired) electrons. The van der Waals surface area contributed by atoms with Gasteiger partial charge in [-0.15, -0.1) is 0 Å². The Morgan fingerprint density at radius 1 is 0.952 bits per heavy atom. The number of aryl methyl sites for hydroxylation is 1. The summed E-state index contributed by atoms with van der Waals surface area (Å²) < 4.78 is 3.79. The molecule has 2 heterocycles. The van der Waals surface area contributed by atoms with Crippen molar-refractivity contribution >= 4 is 11.0 Å². The number of para-hydroxylation sites is 2. The molecule has 2 aromatic rings. The predicted molar refractivity (Wildman–Crippen MR) is 85.8 cm³/mol. The maximum atomic E-state index is 12.5. The van der Waals surface area contributed by atoms with Crippen LogP contribution in [0.3, 0.4) is 0 Å². The molecule has 0 spiro atoms. The minimum atomic E-state index is 0.118. The monoisotopic (exact) mass is 288 g/mol. The number of piperazine rings is 1. The maximum Gasteiger partial charge on any atom is 0.329 e. The summed E-state index contributed by atoms with van der Waals surface area (Å²) in [6, 6.07) is 8.09. The van der Waals surface area contributed by atoms with Gasteiger partial charge in [-0.1, -0.05) is 12.1 Å². The van der Waals surface area contributed by atoms with Crippen LogP contribution in [-0.4, -0.2) is 58.7 Å². The number of nitrogens with zero attached hydrogens (tertiary/aromatic N) is 4. The Balaban J connectivity index is 1.81. The highest BCUT2D eigenvalue weighted by atomic mass is 16.1. The second-order valence-corrected chi connectivity index (χ2v) is 5.81. The Morgan fingerprint density at radius 2 is 1.57 bits per heavy atom. The normalized spacial score (nSPS) is 17.6. The van der Waals surface area contributed by atoms with Gasteiger partial charge in [-0.3, -0.25) is 14.0 Å². The van der Waals surface area contributed by atoms with E-state index < -0.39 is 0 Å². The summed E-state index contributed by atoms with van der Waals surface area (Å²) >= 11 is 0. The summed E-state index contributed by atoms with van der Waals surface area (Å²) in [5.74, 6) is 0. The first-order valence-corrected chi connectivity index (χ1v) is 7.79. The number of aromatic nitrogens is 2. The van der Waals surface area contributed by atoms with Gasteiger partial charge in [0.1, 0.15) is 0 Å². The molecule has 0 N–H and O–H groups in total. The molecule has 0 amide bonds. The minimum Gasteiger partial charge on any atom is -0.304 e. The topological polar surface area (TPSA) is 33.4 Å². The van der Waals surface area contributed by atoms with E-state index in [9.17, 15) is 4.79 Å². The molecule has 0 aliphatic carbocycles. The lowest BCUT2D eigenvalue weighted by atomic mass is 10.3. The van der Waals surface area contributed by atoms with E-state index in [4.69, 9.17) is 0 Å². The van der Waals surface area contributed by atoms with Crippen LogP contribution < -0.4 is 5.69 Å². The zero-order chi connectivity index (χ0) is 14.8. The first kappa shape index (κ1) is 14.4. The summed E-state index contributed by atoms with van der Waals surface area (Å²) in [6.07, 6.45) is 0. The molecule has 0 saturated carbocycles. The van der Waals surface area contributed by atoms with E-state index in [2.05, 4.69) is 16.8 Å². The van der Waals surface area contributed by atoms with E-state index in [0.717, 1.165) is 56.8 Å². The molecule has 3 rings (SSSR count). The molecule has 5 heteroatoms. The first-order chi connectivity index (χ1) is 10.2. The molecule has 1 aliphatic rings. The molecule has 0 unspecified atom stereocenters. The summed E-state index contributed by atoms with van der Waals surface area (Å²) in [5, 5.41) is 0. The van der Waals surface area contributed by atoms with Crippen molar-refractivity contribution in [3.63, 3.8) is 0 Å². The molecule has 21 heavy (non-hydrogen) atoms. The highest BCUT2D eigenvalue weighted by Crippen LogP contribution is 2.12. The van der Waals surface area contributed by atoms with Crippen molar-refractivity contribution < 1.29 is 0 Å².